The van der Waals surface area contributed by atoms with E-state index >= 15 is 0 Å². The van der Waals surface area contributed by atoms with Gasteiger partial charge in [-0.1, -0.05) is 11.6 Å². The largest absolute Gasteiger partial charge is 0.459 e. The highest BCUT2D eigenvalue weighted by molar-refractivity contribution is 6.33. The van der Waals surface area contributed by atoms with Crippen LogP contribution in [0.25, 0.3) is 0 Å². The van der Waals surface area contributed by atoms with Crippen molar-refractivity contribution in [3.8, 4) is 0 Å². The van der Waals surface area contributed by atoms with Crippen molar-refractivity contribution >= 4 is 23.4 Å². The molecular formula is C17H18ClN3O3. The van der Waals surface area contributed by atoms with E-state index < -0.39 is 0 Å². The van der Waals surface area contributed by atoms with Crippen LogP contribution in [0.1, 0.15) is 39.4 Å². The highest BCUT2D eigenvalue weighted by Gasteiger charge is 2.27. The van der Waals surface area contributed by atoms with Gasteiger partial charge in [0.25, 0.3) is 11.8 Å². The van der Waals surface area contributed by atoms with Crippen LogP contribution < -0.4 is 5.32 Å². The summed E-state index contributed by atoms with van der Waals surface area (Å²) < 4.78 is 5.20. The summed E-state index contributed by atoms with van der Waals surface area (Å²) in [6.07, 6.45) is 4.42. The van der Waals surface area contributed by atoms with Crippen molar-refractivity contribution in [3.63, 3.8) is 0 Å². The molecule has 126 valence electrons. The molecule has 0 saturated carbocycles. The zero-order valence-corrected chi connectivity index (χ0v) is 14.0. The van der Waals surface area contributed by atoms with Crippen LogP contribution in [0.5, 0.6) is 0 Å². The van der Waals surface area contributed by atoms with Gasteiger partial charge in [-0.3, -0.25) is 9.59 Å². The molecule has 1 N–H and O–H groups in total. The number of hydrogen-bond donors (Lipinski definition) is 1. The van der Waals surface area contributed by atoms with Crippen LogP contribution in [-0.2, 0) is 0 Å². The lowest BCUT2D eigenvalue weighted by molar-refractivity contribution is 0.0690. The molecule has 0 spiro atoms. The van der Waals surface area contributed by atoms with Crippen molar-refractivity contribution in [2.24, 2.45) is 0 Å². The second-order valence-electron chi connectivity index (χ2n) is 5.81. The molecule has 0 aliphatic carbocycles. The number of hydrogen-bond acceptors (Lipinski definition) is 4. The molecule has 1 saturated heterocycles. The minimum atomic E-state index is -0.213. The monoisotopic (exact) mass is 347 g/mol. The summed E-state index contributed by atoms with van der Waals surface area (Å²) in [5.41, 5.74) is 1.08. The first kappa shape index (κ1) is 16.5. The highest BCUT2D eigenvalue weighted by atomic mass is 35.5. The minimum absolute atomic E-state index is 0.0188. The number of nitrogens with zero attached hydrogens (tertiary/aromatic N) is 2. The number of aryl methyl sites for hydroxylation is 1. The van der Waals surface area contributed by atoms with E-state index in [1.165, 1.54) is 6.26 Å². The number of likely N-dealkylation sites (tertiary alicyclic amines) is 1. The highest BCUT2D eigenvalue weighted by Crippen LogP contribution is 2.18. The van der Waals surface area contributed by atoms with E-state index in [4.69, 9.17) is 16.0 Å². The normalized spacial score (nSPS) is 15.3. The van der Waals surface area contributed by atoms with E-state index in [1.54, 1.807) is 29.3 Å². The quantitative estimate of drug-likeness (QED) is 0.926. The average molecular weight is 348 g/mol. The number of rotatable bonds is 3. The van der Waals surface area contributed by atoms with Gasteiger partial charge in [-0.2, -0.15) is 0 Å². The lowest BCUT2D eigenvalue weighted by atomic mass is 10.0. The van der Waals surface area contributed by atoms with Crippen LogP contribution in [-0.4, -0.2) is 40.8 Å². The maximum Gasteiger partial charge on any atom is 0.287 e. The molecule has 6 nitrogen and oxygen atoms in total. The summed E-state index contributed by atoms with van der Waals surface area (Å²) in [5.74, 6) is -0.0453. The topological polar surface area (TPSA) is 75.4 Å². The van der Waals surface area contributed by atoms with E-state index in [1.807, 2.05) is 6.92 Å². The number of carbonyl (C=O) groups is 2. The molecule has 0 atom stereocenters. The molecule has 0 bridgehead atoms. The van der Waals surface area contributed by atoms with Crippen LogP contribution in [0.4, 0.5) is 0 Å². The van der Waals surface area contributed by atoms with Crippen molar-refractivity contribution < 1.29 is 14.0 Å². The molecule has 24 heavy (non-hydrogen) atoms. The Morgan fingerprint density at radius 2 is 2.08 bits per heavy atom. The van der Waals surface area contributed by atoms with Gasteiger partial charge in [-0.05, 0) is 38.0 Å². The van der Waals surface area contributed by atoms with E-state index in [9.17, 15) is 9.59 Å². The van der Waals surface area contributed by atoms with E-state index in [0.717, 1.165) is 5.56 Å². The third-order valence-electron chi connectivity index (χ3n) is 4.15. The first-order chi connectivity index (χ1) is 11.6. The maximum atomic E-state index is 12.5. The van der Waals surface area contributed by atoms with Gasteiger partial charge in [0.1, 0.15) is 5.69 Å². The number of furan rings is 1. The van der Waals surface area contributed by atoms with Gasteiger partial charge in [0.2, 0.25) is 0 Å². The van der Waals surface area contributed by atoms with Gasteiger partial charge in [-0.15, -0.1) is 0 Å². The predicted molar refractivity (Wildman–Crippen MR) is 89.1 cm³/mol. The number of pyridine rings is 1. The number of piperidine rings is 1. The standard InChI is InChI=1S/C17H18ClN3O3/c1-11-6-10-24-15(11)16(22)20-12-4-8-21(9-5-12)17(23)14-13(18)3-2-7-19-14/h2-3,6-7,10,12H,4-5,8-9H2,1H3,(H,20,22). The smallest absolute Gasteiger partial charge is 0.287 e. The molecular weight excluding hydrogens is 330 g/mol. The van der Waals surface area contributed by atoms with Crippen molar-refractivity contribution in [2.75, 3.05) is 13.1 Å². The molecule has 1 fully saturated rings. The fourth-order valence-corrected chi connectivity index (χ4v) is 2.98. The van der Waals surface area contributed by atoms with Crippen molar-refractivity contribution in [1.29, 1.82) is 0 Å². The number of aromatic nitrogens is 1. The molecule has 1 aliphatic rings. The third-order valence-corrected chi connectivity index (χ3v) is 4.45. The lowest BCUT2D eigenvalue weighted by Gasteiger charge is -2.32. The molecule has 3 rings (SSSR count). The summed E-state index contributed by atoms with van der Waals surface area (Å²) in [4.78, 5) is 30.4. The summed E-state index contributed by atoms with van der Waals surface area (Å²) in [5, 5.41) is 3.31. The number of amides is 2. The first-order valence-electron chi connectivity index (χ1n) is 7.81. The summed E-state index contributed by atoms with van der Waals surface area (Å²) >= 11 is 6.03. The summed E-state index contributed by atoms with van der Waals surface area (Å²) in [7, 11) is 0. The molecule has 0 unspecified atom stereocenters. The minimum Gasteiger partial charge on any atom is -0.459 e. The fourth-order valence-electron chi connectivity index (χ4n) is 2.78. The third kappa shape index (κ3) is 3.43. The Labute approximate surface area is 144 Å². The molecule has 7 heteroatoms. The second kappa shape index (κ2) is 7.05. The van der Waals surface area contributed by atoms with E-state index in [-0.39, 0.29) is 23.6 Å². The summed E-state index contributed by atoms with van der Waals surface area (Å²) in [6.45, 7) is 2.93. The Kier molecular flexibility index (Phi) is 4.85. The fraction of sp³-hybridized carbons (Fsp3) is 0.353. The Morgan fingerprint density at radius 3 is 2.71 bits per heavy atom. The Morgan fingerprint density at radius 1 is 1.33 bits per heavy atom. The summed E-state index contributed by atoms with van der Waals surface area (Å²) in [6, 6.07) is 5.12. The molecule has 2 aromatic rings. The van der Waals surface area contributed by atoms with Crippen LogP contribution >= 0.6 is 11.6 Å². The maximum absolute atomic E-state index is 12.5. The number of nitrogens with one attached hydrogen (secondary N) is 1. The number of carbonyl (C=O) groups excluding carboxylic acids is 2. The molecule has 3 heterocycles. The Balaban J connectivity index is 1.56. The SMILES string of the molecule is Cc1ccoc1C(=O)NC1CCN(C(=O)c2ncccc2Cl)CC1. The van der Waals surface area contributed by atoms with E-state index in [0.29, 0.717) is 36.7 Å². The van der Waals surface area contributed by atoms with Gasteiger partial charge in [0.15, 0.2) is 5.76 Å². The molecule has 1 aliphatic heterocycles. The van der Waals surface area contributed by atoms with Gasteiger partial charge in [0, 0.05) is 30.9 Å². The second-order valence-corrected chi connectivity index (χ2v) is 6.21. The van der Waals surface area contributed by atoms with Crippen molar-refractivity contribution in [3.05, 3.63) is 52.7 Å². The van der Waals surface area contributed by atoms with Crippen LogP contribution in [0.2, 0.25) is 5.02 Å². The zero-order valence-electron chi connectivity index (χ0n) is 13.3. The molecule has 2 amide bonds. The lowest BCUT2D eigenvalue weighted by Crippen LogP contribution is -2.46. The Hall–Kier alpha value is -2.34. The van der Waals surface area contributed by atoms with E-state index in [2.05, 4.69) is 10.3 Å². The van der Waals surface area contributed by atoms with Gasteiger partial charge >= 0.3 is 0 Å². The predicted octanol–water partition coefficient (Wildman–Crippen LogP) is 2.67. The van der Waals surface area contributed by atoms with Crippen molar-refractivity contribution in [1.82, 2.24) is 15.2 Å². The molecule has 0 aromatic carbocycles. The zero-order chi connectivity index (χ0) is 17.1. The van der Waals surface area contributed by atoms with Crippen LogP contribution in [0, 0.1) is 6.92 Å². The van der Waals surface area contributed by atoms with Crippen LogP contribution in [0.3, 0.4) is 0 Å². The Bertz CT molecular complexity index is 751. The molecule has 0 radical (unpaired) electrons. The molecule has 2 aromatic heterocycles. The van der Waals surface area contributed by atoms with Gasteiger partial charge < -0.3 is 14.6 Å². The van der Waals surface area contributed by atoms with Gasteiger partial charge in [0.05, 0.1) is 11.3 Å². The first-order valence-corrected chi connectivity index (χ1v) is 8.19. The average Bonchev–Trinajstić information content (AvgIpc) is 3.01. The van der Waals surface area contributed by atoms with Gasteiger partial charge in [-0.25, -0.2) is 4.98 Å². The number of halogens is 1. The van der Waals surface area contributed by atoms with Crippen LogP contribution in [0.15, 0.2) is 35.1 Å². The van der Waals surface area contributed by atoms with Crippen molar-refractivity contribution in [2.45, 2.75) is 25.8 Å².